The van der Waals surface area contributed by atoms with E-state index in [1.54, 1.807) is 18.2 Å². The third-order valence-corrected chi connectivity index (χ3v) is 3.76. The zero-order valence-corrected chi connectivity index (χ0v) is 12.7. The summed E-state index contributed by atoms with van der Waals surface area (Å²) in [7, 11) is -3.77. The van der Waals surface area contributed by atoms with E-state index in [2.05, 4.69) is 5.32 Å². The molecule has 0 aliphatic heterocycles. The second-order valence-electron chi connectivity index (χ2n) is 4.60. The van der Waals surface area contributed by atoms with Gasteiger partial charge in [-0.05, 0) is 36.4 Å². The highest BCUT2D eigenvalue weighted by Crippen LogP contribution is 2.14. The molecule has 2 rings (SSSR count). The van der Waals surface area contributed by atoms with Gasteiger partial charge in [-0.2, -0.15) is 0 Å². The van der Waals surface area contributed by atoms with Crippen LogP contribution in [-0.4, -0.2) is 27.2 Å². The van der Waals surface area contributed by atoms with E-state index >= 15 is 0 Å². The fraction of sp³-hybridized carbons (Fsp3) is 0.0667. The number of hydrogen-bond acceptors (Lipinski definition) is 5. The summed E-state index contributed by atoms with van der Waals surface area (Å²) in [6, 6.07) is 11.8. The van der Waals surface area contributed by atoms with Gasteiger partial charge in [0.15, 0.2) is 6.61 Å². The van der Waals surface area contributed by atoms with Gasteiger partial charge in [-0.15, -0.1) is 0 Å². The number of sulfonamides is 1. The normalized spacial score (nSPS) is 10.8. The number of carbonyl (C=O) groups is 2. The molecule has 0 bridgehead atoms. The molecule has 0 heterocycles. The van der Waals surface area contributed by atoms with E-state index in [1.165, 1.54) is 30.3 Å². The molecule has 0 saturated heterocycles. The van der Waals surface area contributed by atoms with Crippen molar-refractivity contribution < 1.29 is 22.7 Å². The Kier molecular flexibility index (Phi) is 5.09. The fourth-order valence-corrected chi connectivity index (χ4v) is 2.27. The molecule has 0 atom stereocenters. The number of aldehydes is 1. The van der Waals surface area contributed by atoms with Crippen LogP contribution in [0.1, 0.15) is 10.4 Å². The first-order chi connectivity index (χ1) is 10.9. The van der Waals surface area contributed by atoms with Crippen LogP contribution in [0.15, 0.2) is 53.4 Å². The van der Waals surface area contributed by atoms with Crippen molar-refractivity contribution in [3.05, 3.63) is 54.1 Å². The van der Waals surface area contributed by atoms with Gasteiger partial charge in [-0.25, -0.2) is 13.6 Å². The highest BCUT2D eigenvalue weighted by molar-refractivity contribution is 7.89. The monoisotopic (exact) mass is 334 g/mol. The molecule has 120 valence electrons. The number of benzene rings is 2. The van der Waals surface area contributed by atoms with Gasteiger partial charge in [0, 0.05) is 11.3 Å². The lowest BCUT2D eigenvalue weighted by molar-refractivity contribution is -0.118. The summed E-state index contributed by atoms with van der Waals surface area (Å²) in [6.45, 7) is -0.251. The summed E-state index contributed by atoms with van der Waals surface area (Å²) in [5.74, 6) is -0.0285. The van der Waals surface area contributed by atoms with Crippen molar-refractivity contribution in [2.75, 3.05) is 11.9 Å². The zero-order chi connectivity index (χ0) is 16.9. The number of hydrogen-bond donors (Lipinski definition) is 2. The molecule has 23 heavy (non-hydrogen) atoms. The van der Waals surface area contributed by atoms with E-state index in [9.17, 15) is 18.0 Å². The summed E-state index contributed by atoms with van der Waals surface area (Å²) in [5, 5.41) is 7.53. The molecule has 0 aliphatic rings. The molecule has 3 N–H and O–H groups in total. The number of carbonyl (C=O) groups excluding carboxylic acids is 2. The van der Waals surface area contributed by atoms with Crippen LogP contribution < -0.4 is 15.2 Å². The van der Waals surface area contributed by atoms with Gasteiger partial charge in [-0.3, -0.25) is 9.59 Å². The van der Waals surface area contributed by atoms with Crippen molar-refractivity contribution in [1.82, 2.24) is 0 Å². The van der Waals surface area contributed by atoms with Crippen molar-refractivity contribution >= 4 is 27.9 Å². The van der Waals surface area contributed by atoms with Gasteiger partial charge in [0.2, 0.25) is 10.0 Å². The quantitative estimate of drug-likeness (QED) is 0.769. The van der Waals surface area contributed by atoms with E-state index in [0.29, 0.717) is 23.3 Å². The Bertz CT molecular complexity index is 816. The number of nitrogens with one attached hydrogen (secondary N) is 1. The van der Waals surface area contributed by atoms with Crippen LogP contribution in [-0.2, 0) is 14.8 Å². The van der Waals surface area contributed by atoms with E-state index < -0.39 is 15.9 Å². The van der Waals surface area contributed by atoms with E-state index in [0.717, 1.165) is 0 Å². The third-order valence-electron chi connectivity index (χ3n) is 2.83. The highest BCUT2D eigenvalue weighted by atomic mass is 32.2. The second kappa shape index (κ2) is 7.03. The summed E-state index contributed by atoms with van der Waals surface area (Å²) in [5.41, 5.74) is 0.856. The van der Waals surface area contributed by atoms with Crippen molar-refractivity contribution in [3.63, 3.8) is 0 Å². The minimum atomic E-state index is -3.77. The first-order valence-electron chi connectivity index (χ1n) is 6.49. The summed E-state index contributed by atoms with van der Waals surface area (Å²) in [6.07, 6.45) is 0.681. The lowest BCUT2D eigenvalue weighted by Gasteiger charge is -2.08. The van der Waals surface area contributed by atoms with Gasteiger partial charge in [0.1, 0.15) is 12.0 Å². The predicted molar refractivity (Wildman–Crippen MR) is 83.8 cm³/mol. The number of rotatable bonds is 6. The minimum Gasteiger partial charge on any atom is -0.484 e. The van der Waals surface area contributed by atoms with Gasteiger partial charge in [0.05, 0.1) is 4.90 Å². The van der Waals surface area contributed by atoms with Crippen LogP contribution in [0.2, 0.25) is 0 Å². The molecular formula is C15H14N2O5S. The van der Waals surface area contributed by atoms with Crippen LogP contribution >= 0.6 is 0 Å². The number of nitrogens with two attached hydrogens (primary N) is 1. The third kappa shape index (κ3) is 4.90. The maximum atomic E-state index is 11.8. The first kappa shape index (κ1) is 16.7. The Morgan fingerprint density at radius 1 is 1.17 bits per heavy atom. The van der Waals surface area contributed by atoms with Crippen molar-refractivity contribution in [2.45, 2.75) is 4.90 Å². The minimum absolute atomic E-state index is 0.0440. The van der Waals surface area contributed by atoms with Gasteiger partial charge < -0.3 is 10.1 Å². The molecule has 2 aromatic rings. The molecule has 0 spiro atoms. The predicted octanol–water partition coefficient (Wildman–Crippen LogP) is 1.16. The van der Waals surface area contributed by atoms with E-state index in [4.69, 9.17) is 9.88 Å². The summed E-state index contributed by atoms with van der Waals surface area (Å²) in [4.78, 5) is 22.4. The molecule has 0 fully saturated rings. The standard InChI is InChI=1S/C15H14N2O5S/c16-23(20,21)14-6-4-12(5-7-14)17-15(19)10-22-13-3-1-2-11(8-13)9-18/h1-9H,10H2,(H,17,19)(H2,16,20,21). The number of ether oxygens (including phenoxy) is 1. The molecule has 0 saturated carbocycles. The maximum Gasteiger partial charge on any atom is 0.262 e. The Morgan fingerprint density at radius 2 is 1.87 bits per heavy atom. The maximum absolute atomic E-state index is 11.8. The highest BCUT2D eigenvalue weighted by Gasteiger charge is 2.08. The lowest BCUT2D eigenvalue weighted by Crippen LogP contribution is -2.20. The van der Waals surface area contributed by atoms with Crippen LogP contribution in [0.4, 0.5) is 5.69 Å². The molecule has 8 heteroatoms. The molecule has 7 nitrogen and oxygen atoms in total. The topological polar surface area (TPSA) is 116 Å². The molecular weight excluding hydrogens is 320 g/mol. The Balaban J connectivity index is 1.93. The first-order valence-corrected chi connectivity index (χ1v) is 8.04. The molecule has 0 aliphatic carbocycles. The summed E-state index contributed by atoms with van der Waals surface area (Å²) < 4.78 is 27.5. The number of primary sulfonamides is 1. The lowest BCUT2D eigenvalue weighted by atomic mass is 10.2. The van der Waals surface area contributed by atoms with Gasteiger partial charge in [0.25, 0.3) is 5.91 Å². The molecule has 2 aromatic carbocycles. The Hall–Kier alpha value is -2.71. The van der Waals surface area contributed by atoms with Crippen LogP contribution in [0.25, 0.3) is 0 Å². The van der Waals surface area contributed by atoms with Crippen molar-refractivity contribution in [3.8, 4) is 5.75 Å². The van der Waals surface area contributed by atoms with Crippen LogP contribution in [0.3, 0.4) is 0 Å². The Morgan fingerprint density at radius 3 is 2.48 bits per heavy atom. The smallest absolute Gasteiger partial charge is 0.262 e. The summed E-state index contributed by atoms with van der Waals surface area (Å²) >= 11 is 0. The van der Waals surface area contributed by atoms with Crippen molar-refractivity contribution in [2.24, 2.45) is 5.14 Å². The molecule has 1 amide bonds. The van der Waals surface area contributed by atoms with Gasteiger partial charge in [-0.1, -0.05) is 12.1 Å². The molecule has 0 unspecified atom stereocenters. The van der Waals surface area contributed by atoms with E-state index in [-0.39, 0.29) is 11.5 Å². The second-order valence-corrected chi connectivity index (χ2v) is 6.16. The molecule has 0 aromatic heterocycles. The van der Waals surface area contributed by atoms with Crippen LogP contribution in [0, 0.1) is 0 Å². The zero-order valence-electron chi connectivity index (χ0n) is 11.9. The van der Waals surface area contributed by atoms with E-state index in [1.807, 2.05) is 0 Å². The Labute approximate surface area is 133 Å². The average molecular weight is 334 g/mol. The largest absolute Gasteiger partial charge is 0.484 e. The molecule has 0 radical (unpaired) electrons. The number of amides is 1. The van der Waals surface area contributed by atoms with Crippen molar-refractivity contribution in [1.29, 1.82) is 0 Å². The SMILES string of the molecule is NS(=O)(=O)c1ccc(NC(=O)COc2cccc(C=O)c2)cc1. The van der Waals surface area contributed by atoms with Crippen LogP contribution in [0.5, 0.6) is 5.75 Å². The fourth-order valence-electron chi connectivity index (χ4n) is 1.75. The average Bonchev–Trinajstić information content (AvgIpc) is 2.53. The number of anilines is 1. The van der Waals surface area contributed by atoms with Gasteiger partial charge >= 0.3 is 0 Å².